The molecule has 0 radical (unpaired) electrons. The van der Waals surface area contributed by atoms with Gasteiger partial charge in [0.25, 0.3) is 5.92 Å². The van der Waals surface area contributed by atoms with E-state index in [4.69, 9.17) is 4.74 Å². The summed E-state index contributed by atoms with van der Waals surface area (Å²) in [6, 6.07) is 7.49. The topological polar surface area (TPSA) is 44.1 Å². The van der Waals surface area contributed by atoms with Crippen molar-refractivity contribution in [2.45, 2.75) is 19.4 Å². The van der Waals surface area contributed by atoms with Crippen LogP contribution in [-0.4, -0.2) is 22.4 Å². The van der Waals surface area contributed by atoms with Crippen molar-refractivity contribution in [3.05, 3.63) is 53.9 Å². The first-order valence-electron chi connectivity index (χ1n) is 6.16. The minimum atomic E-state index is -3.06. The first-order valence-corrected chi connectivity index (χ1v) is 6.16. The van der Waals surface area contributed by atoms with Crippen molar-refractivity contribution in [2.24, 2.45) is 0 Å². The summed E-state index contributed by atoms with van der Waals surface area (Å²) in [6.45, 7) is 1.27. The summed E-state index contributed by atoms with van der Waals surface area (Å²) in [6.07, 6.45) is 2.48. The van der Waals surface area contributed by atoms with Gasteiger partial charge in [-0.15, -0.1) is 0 Å². The maximum absolute atomic E-state index is 14.0. The Morgan fingerprint density at radius 1 is 1.35 bits per heavy atom. The van der Waals surface area contributed by atoms with Gasteiger partial charge in [0.05, 0.1) is 18.4 Å². The summed E-state index contributed by atoms with van der Waals surface area (Å²) >= 11 is 0. The van der Waals surface area contributed by atoms with Gasteiger partial charge in [-0.25, -0.2) is 4.79 Å². The molecule has 0 aliphatic carbocycles. The number of ether oxygens (including phenoxy) is 1. The molecule has 0 bridgehead atoms. The lowest BCUT2D eigenvalue weighted by Crippen LogP contribution is -2.21. The number of alkyl halides is 2. The van der Waals surface area contributed by atoms with Gasteiger partial charge in [0.15, 0.2) is 0 Å². The molecule has 2 aromatic rings. The van der Waals surface area contributed by atoms with Gasteiger partial charge < -0.3 is 4.74 Å². The summed E-state index contributed by atoms with van der Waals surface area (Å²) in [5.41, 5.74) is 0.0731. The number of hydrogen-bond donors (Lipinski definition) is 0. The lowest BCUT2D eigenvalue weighted by atomic mass is 10.1. The zero-order valence-electron chi connectivity index (χ0n) is 10.9. The summed E-state index contributed by atoms with van der Waals surface area (Å²) in [7, 11) is 0. The van der Waals surface area contributed by atoms with E-state index >= 15 is 0 Å². The Morgan fingerprint density at radius 2 is 2.05 bits per heavy atom. The normalized spacial score (nSPS) is 11.3. The zero-order valence-corrected chi connectivity index (χ0v) is 10.9. The van der Waals surface area contributed by atoms with E-state index in [2.05, 4.69) is 5.10 Å². The van der Waals surface area contributed by atoms with Crippen molar-refractivity contribution >= 4 is 5.97 Å². The third kappa shape index (κ3) is 3.20. The first kappa shape index (κ1) is 14.2. The molecule has 1 aromatic heterocycles. The predicted octanol–water partition coefficient (Wildman–Crippen LogP) is 2.85. The highest BCUT2D eigenvalue weighted by Gasteiger charge is 2.32. The molecule has 0 amide bonds. The van der Waals surface area contributed by atoms with Gasteiger partial charge in [0.1, 0.15) is 6.54 Å². The SMILES string of the molecule is CCOC(=O)c1cnn(CC(F)(F)c2ccccc2)c1. The number of carbonyl (C=O) groups excluding carboxylic acids is 1. The van der Waals surface area contributed by atoms with E-state index in [0.29, 0.717) is 0 Å². The molecule has 0 N–H and O–H groups in total. The van der Waals surface area contributed by atoms with Crippen molar-refractivity contribution in [1.29, 1.82) is 0 Å². The predicted molar refractivity (Wildman–Crippen MR) is 68.5 cm³/mol. The van der Waals surface area contributed by atoms with Crippen LogP contribution in [0.4, 0.5) is 8.78 Å². The molecular weight excluding hydrogens is 266 g/mol. The van der Waals surface area contributed by atoms with Gasteiger partial charge in [-0.1, -0.05) is 30.3 Å². The highest BCUT2D eigenvalue weighted by molar-refractivity contribution is 5.88. The first-order chi connectivity index (χ1) is 9.53. The Bertz CT molecular complexity index is 582. The Balaban J connectivity index is 2.12. The van der Waals surface area contributed by atoms with Crippen molar-refractivity contribution in [3.8, 4) is 0 Å². The maximum Gasteiger partial charge on any atom is 0.341 e. The molecule has 1 aromatic carbocycles. The fraction of sp³-hybridized carbons (Fsp3) is 0.286. The van der Waals surface area contributed by atoms with Crippen molar-refractivity contribution < 1.29 is 18.3 Å². The number of esters is 1. The second-order valence-electron chi connectivity index (χ2n) is 4.22. The minimum absolute atomic E-state index is 0.0896. The molecule has 0 unspecified atom stereocenters. The van der Waals surface area contributed by atoms with Crippen LogP contribution in [-0.2, 0) is 17.2 Å². The highest BCUT2D eigenvalue weighted by Crippen LogP contribution is 2.29. The van der Waals surface area contributed by atoms with Gasteiger partial charge in [0.2, 0.25) is 0 Å². The Kier molecular flexibility index (Phi) is 4.12. The molecule has 0 saturated heterocycles. The van der Waals surface area contributed by atoms with Gasteiger partial charge >= 0.3 is 5.97 Å². The van der Waals surface area contributed by atoms with Gasteiger partial charge in [-0.05, 0) is 6.92 Å². The van der Waals surface area contributed by atoms with Gasteiger partial charge in [-0.3, -0.25) is 4.68 Å². The minimum Gasteiger partial charge on any atom is -0.462 e. The molecular formula is C14H14F2N2O2. The average molecular weight is 280 g/mol. The maximum atomic E-state index is 14.0. The highest BCUT2D eigenvalue weighted by atomic mass is 19.3. The van der Waals surface area contributed by atoms with E-state index < -0.39 is 18.4 Å². The molecule has 0 saturated carbocycles. The van der Waals surface area contributed by atoms with E-state index in [0.717, 1.165) is 4.68 Å². The van der Waals surface area contributed by atoms with Crippen LogP contribution in [0.5, 0.6) is 0 Å². The zero-order chi connectivity index (χ0) is 14.6. The quantitative estimate of drug-likeness (QED) is 0.791. The van der Waals surface area contributed by atoms with E-state index in [-0.39, 0.29) is 17.7 Å². The molecule has 0 aliphatic rings. The van der Waals surface area contributed by atoms with Crippen LogP contribution in [0.3, 0.4) is 0 Å². The molecule has 4 nitrogen and oxygen atoms in total. The molecule has 6 heteroatoms. The fourth-order valence-corrected chi connectivity index (χ4v) is 1.75. The van der Waals surface area contributed by atoms with Gasteiger partial charge in [-0.2, -0.15) is 13.9 Å². The van der Waals surface area contributed by atoms with Crippen LogP contribution in [0.25, 0.3) is 0 Å². The number of carbonyl (C=O) groups is 1. The average Bonchev–Trinajstić information content (AvgIpc) is 2.88. The van der Waals surface area contributed by atoms with Crippen LogP contribution in [0.15, 0.2) is 42.7 Å². The molecule has 20 heavy (non-hydrogen) atoms. The number of halogens is 2. The van der Waals surface area contributed by atoms with Crippen LogP contribution in [0.1, 0.15) is 22.8 Å². The Labute approximate surface area is 115 Å². The monoisotopic (exact) mass is 280 g/mol. The largest absolute Gasteiger partial charge is 0.462 e. The van der Waals surface area contributed by atoms with Crippen molar-refractivity contribution in [1.82, 2.24) is 9.78 Å². The number of hydrogen-bond acceptors (Lipinski definition) is 3. The molecule has 0 spiro atoms. The number of nitrogens with zero attached hydrogens (tertiary/aromatic N) is 2. The molecule has 2 rings (SSSR count). The summed E-state index contributed by atoms with van der Waals surface area (Å²) in [5, 5.41) is 3.77. The summed E-state index contributed by atoms with van der Waals surface area (Å²) < 4.78 is 33.9. The summed E-state index contributed by atoms with van der Waals surface area (Å²) in [5.74, 6) is -3.62. The molecule has 0 atom stereocenters. The molecule has 0 aliphatic heterocycles. The van der Waals surface area contributed by atoms with Crippen LogP contribution < -0.4 is 0 Å². The van der Waals surface area contributed by atoms with Gasteiger partial charge in [0, 0.05) is 11.8 Å². The Hall–Kier alpha value is -2.24. The van der Waals surface area contributed by atoms with Crippen molar-refractivity contribution in [3.63, 3.8) is 0 Å². The Morgan fingerprint density at radius 3 is 2.70 bits per heavy atom. The molecule has 106 valence electrons. The second kappa shape index (κ2) is 5.81. The number of rotatable bonds is 5. The van der Waals surface area contributed by atoms with Crippen molar-refractivity contribution in [2.75, 3.05) is 6.61 Å². The van der Waals surface area contributed by atoms with E-state index in [1.807, 2.05) is 0 Å². The second-order valence-corrected chi connectivity index (χ2v) is 4.22. The number of benzene rings is 1. The van der Waals surface area contributed by atoms with Crippen LogP contribution in [0.2, 0.25) is 0 Å². The number of aromatic nitrogens is 2. The van der Waals surface area contributed by atoms with Crippen LogP contribution >= 0.6 is 0 Å². The molecule has 1 heterocycles. The van der Waals surface area contributed by atoms with E-state index in [1.165, 1.54) is 24.5 Å². The third-order valence-corrected chi connectivity index (χ3v) is 2.70. The fourth-order valence-electron chi connectivity index (χ4n) is 1.75. The van der Waals surface area contributed by atoms with Crippen LogP contribution in [0, 0.1) is 0 Å². The lowest BCUT2D eigenvalue weighted by molar-refractivity contribution is -0.0254. The van der Waals surface area contributed by atoms with E-state index in [9.17, 15) is 13.6 Å². The summed E-state index contributed by atoms with van der Waals surface area (Å²) in [4.78, 5) is 11.4. The molecule has 0 fully saturated rings. The lowest BCUT2D eigenvalue weighted by Gasteiger charge is -2.16. The standard InChI is InChI=1S/C14H14F2N2O2/c1-2-20-13(19)11-8-17-18(9-11)10-14(15,16)12-6-4-3-5-7-12/h3-9H,2,10H2,1H3. The van der Waals surface area contributed by atoms with E-state index in [1.54, 1.807) is 25.1 Å². The smallest absolute Gasteiger partial charge is 0.341 e. The third-order valence-electron chi connectivity index (χ3n) is 2.70.